The van der Waals surface area contributed by atoms with Crippen molar-refractivity contribution in [2.75, 3.05) is 26.2 Å². The van der Waals surface area contributed by atoms with Crippen LogP contribution < -0.4 is 5.32 Å². The van der Waals surface area contributed by atoms with Gasteiger partial charge in [0.25, 0.3) is 0 Å². The highest BCUT2D eigenvalue weighted by Crippen LogP contribution is 2.16. The summed E-state index contributed by atoms with van der Waals surface area (Å²) in [5, 5.41) is 3.46. The minimum Gasteiger partial charge on any atom is -0.314 e. The molecular formula is C11H21ClN2. The lowest BCUT2D eigenvalue weighted by atomic mass is 9.96. The summed E-state index contributed by atoms with van der Waals surface area (Å²) in [6.45, 7) is 8.93. The van der Waals surface area contributed by atoms with Crippen molar-refractivity contribution in [3.8, 4) is 0 Å². The van der Waals surface area contributed by atoms with Gasteiger partial charge in [-0.05, 0) is 5.92 Å². The molecule has 1 heterocycles. The second kappa shape index (κ2) is 6.44. The number of nitrogens with one attached hydrogen (secondary N) is 1. The SMILES string of the molecule is CCC(C)C1CNCCN1C/C=C/Cl. The minimum atomic E-state index is 0.668. The Hall–Kier alpha value is -0.0500. The highest BCUT2D eigenvalue weighted by Gasteiger charge is 2.24. The van der Waals surface area contributed by atoms with E-state index in [0.717, 1.165) is 32.1 Å². The van der Waals surface area contributed by atoms with Gasteiger partial charge in [0.05, 0.1) is 0 Å². The van der Waals surface area contributed by atoms with Crippen LogP contribution in [0.25, 0.3) is 0 Å². The molecule has 82 valence electrons. The Labute approximate surface area is 92.3 Å². The number of hydrogen-bond acceptors (Lipinski definition) is 2. The maximum absolute atomic E-state index is 5.56. The molecule has 0 aromatic heterocycles. The highest BCUT2D eigenvalue weighted by atomic mass is 35.5. The van der Waals surface area contributed by atoms with Crippen molar-refractivity contribution < 1.29 is 0 Å². The summed E-state index contributed by atoms with van der Waals surface area (Å²) < 4.78 is 0. The van der Waals surface area contributed by atoms with Gasteiger partial charge in [-0.1, -0.05) is 37.9 Å². The average molecular weight is 217 g/mol. The first-order chi connectivity index (χ1) is 6.79. The lowest BCUT2D eigenvalue weighted by Gasteiger charge is -2.38. The summed E-state index contributed by atoms with van der Waals surface area (Å²) >= 11 is 5.56. The van der Waals surface area contributed by atoms with Gasteiger partial charge in [0, 0.05) is 37.8 Å². The molecule has 1 aliphatic rings. The normalized spacial score (nSPS) is 26.9. The van der Waals surface area contributed by atoms with Crippen LogP contribution in [-0.2, 0) is 0 Å². The van der Waals surface area contributed by atoms with Crippen LogP contribution in [0.3, 0.4) is 0 Å². The van der Waals surface area contributed by atoms with Crippen molar-refractivity contribution in [1.82, 2.24) is 10.2 Å². The molecule has 2 nitrogen and oxygen atoms in total. The summed E-state index contributed by atoms with van der Waals surface area (Å²) in [6.07, 6.45) is 3.27. The van der Waals surface area contributed by atoms with E-state index in [4.69, 9.17) is 11.6 Å². The van der Waals surface area contributed by atoms with Crippen LogP contribution in [-0.4, -0.2) is 37.1 Å². The second-order valence-electron chi connectivity index (χ2n) is 4.01. The number of nitrogens with zero attached hydrogens (tertiary/aromatic N) is 1. The minimum absolute atomic E-state index is 0.668. The smallest absolute Gasteiger partial charge is 0.0249 e. The molecule has 1 fully saturated rings. The standard InChI is InChI=1S/C11H21ClN2/c1-3-10(2)11-9-13-6-8-14(11)7-4-5-12/h4-5,10-11,13H,3,6-9H2,1-2H3/b5-4+. The van der Waals surface area contributed by atoms with E-state index in [9.17, 15) is 0 Å². The van der Waals surface area contributed by atoms with E-state index in [-0.39, 0.29) is 0 Å². The number of halogens is 1. The Bertz CT molecular complexity index is 182. The fourth-order valence-corrected chi connectivity index (χ4v) is 2.08. The third-order valence-corrected chi connectivity index (χ3v) is 3.31. The van der Waals surface area contributed by atoms with Gasteiger partial charge in [0.1, 0.15) is 0 Å². The summed E-state index contributed by atoms with van der Waals surface area (Å²) in [6, 6.07) is 0.668. The molecule has 3 heteroatoms. The van der Waals surface area contributed by atoms with Crippen molar-refractivity contribution >= 4 is 11.6 Å². The molecule has 0 saturated carbocycles. The maximum Gasteiger partial charge on any atom is 0.0249 e. The molecule has 0 spiro atoms. The van der Waals surface area contributed by atoms with Crippen LogP contribution in [0.4, 0.5) is 0 Å². The highest BCUT2D eigenvalue weighted by molar-refractivity contribution is 6.25. The van der Waals surface area contributed by atoms with E-state index < -0.39 is 0 Å². The second-order valence-corrected chi connectivity index (χ2v) is 4.27. The van der Waals surface area contributed by atoms with Crippen LogP contribution >= 0.6 is 11.6 Å². The Balaban J connectivity index is 2.49. The number of hydrogen-bond donors (Lipinski definition) is 1. The molecule has 14 heavy (non-hydrogen) atoms. The average Bonchev–Trinajstić information content (AvgIpc) is 2.25. The van der Waals surface area contributed by atoms with Gasteiger partial charge in [0.15, 0.2) is 0 Å². The van der Waals surface area contributed by atoms with Gasteiger partial charge in [-0.15, -0.1) is 0 Å². The predicted octanol–water partition coefficient (Wildman–Crippen LogP) is 2.06. The lowest BCUT2D eigenvalue weighted by Crippen LogP contribution is -2.53. The molecular weight excluding hydrogens is 196 g/mol. The van der Waals surface area contributed by atoms with E-state index >= 15 is 0 Å². The largest absolute Gasteiger partial charge is 0.314 e. The molecule has 0 bridgehead atoms. The van der Waals surface area contributed by atoms with Gasteiger partial charge in [-0.3, -0.25) is 4.90 Å². The lowest BCUT2D eigenvalue weighted by molar-refractivity contribution is 0.130. The summed E-state index contributed by atoms with van der Waals surface area (Å²) in [7, 11) is 0. The van der Waals surface area contributed by atoms with Crippen LogP contribution in [0.2, 0.25) is 0 Å². The van der Waals surface area contributed by atoms with E-state index in [2.05, 4.69) is 24.1 Å². The number of rotatable bonds is 4. The zero-order chi connectivity index (χ0) is 10.4. The molecule has 1 N–H and O–H groups in total. The van der Waals surface area contributed by atoms with E-state index in [0.29, 0.717) is 6.04 Å². The third-order valence-electron chi connectivity index (χ3n) is 3.13. The van der Waals surface area contributed by atoms with Crippen molar-refractivity contribution in [2.24, 2.45) is 5.92 Å². The van der Waals surface area contributed by atoms with Crippen LogP contribution in [0, 0.1) is 5.92 Å². The molecule has 0 radical (unpaired) electrons. The fraction of sp³-hybridized carbons (Fsp3) is 0.818. The summed E-state index contributed by atoms with van der Waals surface area (Å²) in [5.41, 5.74) is 1.62. The molecule has 1 aliphatic heterocycles. The predicted molar refractivity (Wildman–Crippen MR) is 62.7 cm³/mol. The Morgan fingerprint density at radius 3 is 3.07 bits per heavy atom. The molecule has 1 rings (SSSR count). The first-order valence-electron chi connectivity index (χ1n) is 5.49. The van der Waals surface area contributed by atoms with Crippen LogP contribution in [0.5, 0.6) is 0 Å². The molecule has 0 aromatic carbocycles. The van der Waals surface area contributed by atoms with E-state index in [1.807, 2.05) is 6.08 Å². The van der Waals surface area contributed by atoms with Gasteiger partial charge in [0.2, 0.25) is 0 Å². The van der Waals surface area contributed by atoms with Crippen molar-refractivity contribution in [2.45, 2.75) is 26.3 Å². The molecule has 0 amide bonds. The zero-order valence-corrected chi connectivity index (χ0v) is 9.93. The topological polar surface area (TPSA) is 15.3 Å². The molecule has 1 saturated heterocycles. The first-order valence-corrected chi connectivity index (χ1v) is 5.93. The Kier molecular flexibility index (Phi) is 5.53. The van der Waals surface area contributed by atoms with Crippen LogP contribution in [0.1, 0.15) is 20.3 Å². The Morgan fingerprint density at radius 2 is 2.43 bits per heavy atom. The zero-order valence-electron chi connectivity index (χ0n) is 9.17. The fourth-order valence-electron chi connectivity index (χ4n) is 2.00. The monoisotopic (exact) mass is 216 g/mol. The summed E-state index contributed by atoms with van der Waals surface area (Å²) in [4.78, 5) is 2.52. The van der Waals surface area contributed by atoms with E-state index in [1.54, 1.807) is 5.54 Å². The maximum atomic E-state index is 5.56. The summed E-state index contributed by atoms with van der Waals surface area (Å²) in [5.74, 6) is 0.756. The van der Waals surface area contributed by atoms with Crippen molar-refractivity contribution in [3.63, 3.8) is 0 Å². The van der Waals surface area contributed by atoms with Crippen molar-refractivity contribution in [3.05, 3.63) is 11.6 Å². The molecule has 2 unspecified atom stereocenters. The Morgan fingerprint density at radius 1 is 1.64 bits per heavy atom. The molecule has 2 atom stereocenters. The van der Waals surface area contributed by atoms with Gasteiger partial charge >= 0.3 is 0 Å². The van der Waals surface area contributed by atoms with Gasteiger partial charge in [-0.2, -0.15) is 0 Å². The number of piperazine rings is 1. The third kappa shape index (κ3) is 3.26. The molecule has 0 aromatic rings. The quantitative estimate of drug-likeness (QED) is 0.774. The van der Waals surface area contributed by atoms with Gasteiger partial charge in [-0.25, -0.2) is 0 Å². The van der Waals surface area contributed by atoms with Gasteiger partial charge < -0.3 is 5.32 Å². The van der Waals surface area contributed by atoms with Crippen molar-refractivity contribution in [1.29, 1.82) is 0 Å². The van der Waals surface area contributed by atoms with Crippen LogP contribution in [0.15, 0.2) is 11.6 Å². The van der Waals surface area contributed by atoms with E-state index in [1.165, 1.54) is 6.42 Å². The first kappa shape index (κ1) is 12.0. The molecule has 0 aliphatic carbocycles.